The number of aryl methyl sites for hydroxylation is 2. The van der Waals surface area contributed by atoms with Gasteiger partial charge in [0.25, 0.3) is 0 Å². The second-order valence-corrected chi connectivity index (χ2v) is 7.63. The van der Waals surface area contributed by atoms with Crippen molar-refractivity contribution in [2.75, 3.05) is 11.9 Å². The summed E-state index contributed by atoms with van der Waals surface area (Å²) in [5.41, 5.74) is 2.84. The number of hydrogen-bond acceptors (Lipinski definition) is 5. The van der Waals surface area contributed by atoms with Gasteiger partial charge in [-0.1, -0.05) is 30.3 Å². The minimum atomic E-state index is -0.693. The van der Waals surface area contributed by atoms with E-state index in [-0.39, 0.29) is 12.5 Å². The topological polar surface area (TPSA) is 92.4 Å². The molecule has 31 heavy (non-hydrogen) atoms. The van der Waals surface area contributed by atoms with Gasteiger partial charge in [0.05, 0.1) is 6.04 Å². The van der Waals surface area contributed by atoms with Crippen LogP contribution in [0.15, 0.2) is 53.5 Å². The van der Waals surface area contributed by atoms with Crippen LogP contribution in [0.1, 0.15) is 36.3 Å². The molecule has 0 bridgehead atoms. The quantitative estimate of drug-likeness (QED) is 0.636. The molecular formula is C23H24FN5O2. The number of anilines is 1. The Morgan fingerprint density at radius 2 is 2.00 bits per heavy atom. The third-order valence-electron chi connectivity index (χ3n) is 5.40. The molecule has 0 saturated carbocycles. The van der Waals surface area contributed by atoms with Crippen molar-refractivity contribution in [2.45, 2.75) is 32.7 Å². The summed E-state index contributed by atoms with van der Waals surface area (Å²) in [6, 6.07) is 13.1. The number of fused-ring (bicyclic) bond motifs is 1. The summed E-state index contributed by atoms with van der Waals surface area (Å²) in [4.78, 5) is 22.4. The molecule has 2 heterocycles. The average Bonchev–Trinajstić information content (AvgIpc) is 3.15. The molecule has 1 aliphatic rings. The predicted molar refractivity (Wildman–Crippen MR) is 116 cm³/mol. The first-order valence-electron chi connectivity index (χ1n) is 10.2. The number of para-hydroxylation sites is 1. The van der Waals surface area contributed by atoms with Crippen LogP contribution in [0.5, 0.6) is 0 Å². The Morgan fingerprint density at radius 1 is 1.19 bits per heavy atom. The van der Waals surface area contributed by atoms with E-state index in [1.54, 1.807) is 23.7 Å². The van der Waals surface area contributed by atoms with Crippen LogP contribution >= 0.6 is 0 Å². The fourth-order valence-electron chi connectivity index (χ4n) is 3.84. The predicted octanol–water partition coefficient (Wildman–Crippen LogP) is 3.60. The van der Waals surface area contributed by atoms with Crippen molar-refractivity contribution in [1.82, 2.24) is 14.8 Å². The normalized spacial score (nSPS) is 17.7. The van der Waals surface area contributed by atoms with Crippen LogP contribution in [-0.4, -0.2) is 38.1 Å². The lowest BCUT2D eigenvalue weighted by Crippen LogP contribution is -2.39. The number of aliphatic imine (C=N–C) groups is 1. The van der Waals surface area contributed by atoms with Crippen molar-refractivity contribution in [1.29, 1.82) is 0 Å². The molecular weight excluding hydrogens is 397 g/mol. The molecule has 4 rings (SSSR count). The molecule has 0 aliphatic carbocycles. The number of carbonyl (C=O) groups excluding carboxylic acids is 1. The summed E-state index contributed by atoms with van der Waals surface area (Å²) >= 11 is 0. The average molecular weight is 421 g/mol. The highest BCUT2D eigenvalue weighted by atomic mass is 19.1. The third-order valence-corrected chi connectivity index (χ3v) is 5.40. The van der Waals surface area contributed by atoms with Crippen molar-refractivity contribution in [3.8, 4) is 0 Å². The van der Waals surface area contributed by atoms with Gasteiger partial charge in [-0.3, -0.25) is 4.79 Å². The highest BCUT2D eigenvalue weighted by Gasteiger charge is 2.39. The molecule has 160 valence electrons. The number of aliphatic hydroxyl groups excluding tert-OH is 1. The van der Waals surface area contributed by atoms with E-state index in [2.05, 4.69) is 20.4 Å². The maximum absolute atomic E-state index is 14.1. The Balaban J connectivity index is 1.76. The fourth-order valence-corrected chi connectivity index (χ4v) is 3.84. The van der Waals surface area contributed by atoms with Crippen LogP contribution in [0.25, 0.3) is 0 Å². The molecule has 2 atom stereocenters. The Kier molecular flexibility index (Phi) is 5.90. The third kappa shape index (κ3) is 4.25. The van der Waals surface area contributed by atoms with E-state index in [1.165, 1.54) is 12.1 Å². The summed E-state index contributed by atoms with van der Waals surface area (Å²) in [7, 11) is 0. The molecule has 0 spiro atoms. The lowest BCUT2D eigenvalue weighted by molar-refractivity contribution is -0.118. The SMILES string of the molecule is CC1=Nc2nc(CCCO)nn2C(c2cccc(F)c2)C1C(=O)Nc1ccccc1C. The van der Waals surface area contributed by atoms with Crippen LogP contribution in [0.3, 0.4) is 0 Å². The van der Waals surface area contributed by atoms with Crippen LogP contribution in [0.2, 0.25) is 0 Å². The Bertz CT molecular complexity index is 1140. The number of carbonyl (C=O) groups is 1. The second-order valence-electron chi connectivity index (χ2n) is 7.63. The first-order chi connectivity index (χ1) is 15.0. The van der Waals surface area contributed by atoms with Crippen LogP contribution < -0.4 is 5.32 Å². The summed E-state index contributed by atoms with van der Waals surface area (Å²) in [5.74, 6) is -0.427. The molecule has 1 aromatic heterocycles. The van der Waals surface area contributed by atoms with Gasteiger partial charge in [-0.2, -0.15) is 10.1 Å². The largest absolute Gasteiger partial charge is 0.396 e. The number of halogens is 1. The van der Waals surface area contributed by atoms with Gasteiger partial charge in [-0.05, 0) is 49.6 Å². The second kappa shape index (κ2) is 8.77. The molecule has 2 aromatic carbocycles. The molecule has 3 aromatic rings. The maximum atomic E-state index is 14.1. The first-order valence-corrected chi connectivity index (χ1v) is 10.2. The number of benzene rings is 2. The molecule has 0 saturated heterocycles. The Morgan fingerprint density at radius 3 is 2.74 bits per heavy atom. The molecule has 8 heteroatoms. The van der Waals surface area contributed by atoms with Crippen molar-refractivity contribution in [3.63, 3.8) is 0 Å². The zero-order valence-corrected chi connectivity index (χ0v) is 17.4. The minimum Gasteiger partial charge on any atom is -0.396 e. The van der Waals surface area contributed by atoms with E-state index >= 15 is 0 Å². The van der Waals surface area contributed by atoms with Gasteiger partial charge in [-0.15, -0.1) is 0 Å². The van der Waals surface area contributed by atoms with Crippen molar-refractivity contribution in [2.24, 2.45) is 10.9 Å². The Hall–Kier alpha value is -3.39. The number of hydrogen-bond donors (Lipinski definition) is 2. The van der Waals surface area contributed by atoms with Gasteiger partial charge in [0.1, 0.15) is 11.7 Å². The van der Waals surface area contributed by atoms with Crippen molar-refractivity contribution >= 4 is 23.3 Å². The van der Waals surface area contributed by atoms with E-state index in [1.807, 2.05) is 31.2 Å². The zero-order chi connectivity index (χ0) is 22.0. The highest BCUT2D eigenvalue weighted by molar-refractivity contribution is 6.10. The number of aliphatic hydroxyl groups is 1. The van der Waals surface area contributed by atoms with E-state index in [9.17, 15) is 9.18 Å². The monoisotopic (exact) mass is 421 g/mol. The standard InChI is InChI=1S/C23H24FN5O2/c1-14-7-3-4-10-18(14)26-22(31)20-15(2)25-23-27-19(11-6-12-30)28-29(23)21(20)16-8-5-9-17(24)13-16/h3-5,7-10,13,20-21,30H,6,11-12H2,1-2H3,(H,26,31). The number of rotatable bonds is 6. The molecule has 1 amide bonds. The van der Waals surface area contributed by atoms with Gasteiger partial charge in [0.15, 0.2) is 5.82 Å². The zero-order valence-electron chi connectivity index (χ0n) is 17.4. The van der Waals surface area contributed by atoms with E-state index in [0.29, 0.717) is 41.6 Å². The van der Waals surface area contributed by atoms with Gasteiger partial charge in [0.2, 0.25) is 11.9 Å². The van der Waals surface area contributed by atoms with Gasteiger partial charge in [0, 0.05) is 24.4 Å². The number of nitrogens with zero attached hydrogens (tertiary/aromatic N) is 4. The first kappa shape index (κ1) is 20.9. The van der Waals surface area contributed by atoms with Crippen LogP contribution in [0, 0.1) is 18.7 Å². The van der Waals surface area contributed by atoms with E-state index in [4.69, 9.17) is 5.11 Å². The van der Waals surface area contributed by atoms with Gasteiger partial charge >= 0.3 is 0 Å². The molecule has 1 aliphatic heterocycles. The van der Waals surface area contributed by atoms with Gasteiger partial charge in [-0.25, -0.2) is 14.1 Å². The summed E-state index contributed by atoms with van der Waals surface area (Å²) < 4.78 is 15.7. The van der Waals surface area contributed by atoms with Crippen LogP contribution in [0.4, 0.5) is 16.0 Å². The molecule has 0 fully saturated rings. The van der Waals surface area contributed by atoms with E-state index < -0.39 is 17.8 Å². The molecule has 2 unspecified atom stereocenters. The number of aromatic nitrogens is 3. The smallest absolute Gasteiger partial charge is 0.248 e. The maximum Gasteiger partial charge on any atom is 0.248 e. The molecule has 7 nitrogen and oxygen atoms in total. The summed E-state index contributed by atoms with van der Waals surface area (Å²) in [5, 5.41) is 16.7. The highest BCUT2D eigenvalue weighted by Crippen LogP contribution is 2.36. The lowest BCUT2D eigenvalue weighted by atomic mass is 9.87. The van der Waals surface area contributed by atoms with Crippen molar-refractivity contribution in [3.05, 3.63) is 71.3 Å². The number of nitrogens with one attached hydrogen (secondary N) is 1. The molecule has 2 N–H and O–H groups in total. The van der Waals surface area contributed by atoms with E-state index in [0.717, 1.165) is 5.56 Å². The van der Waals surface area contributed by atoms with Gasteiger partial charge < -0.3 is 10.4 Å². The summed E-state index contributed by atoms with van der Waals surface area (Å²) in [6.07, 6.45) is 1.01. The Labute approximate surface area is 179 Å². The lowest BCUT2D eigenvalue weighted by Gasteiger charge is -2.30. The van der Waals surface area contributed by atoms with Crippen molar-refractivity contribution < 1.29 is 14.3 Å². The minimum absolute atomic E-state index is 0.0287. The van der Waals surface area contributed by atoms with Crippen LogP contribution in [-0.2, 0) is 11.2 Å². The molecule has 0 radical (unpaired) electrons. The summed E-state index contributed by atoms with van der Waals surface area (Å²) in [6.45, 7) is 3.73. The number of amides is 1. The fraction of sp³-hybridized carbons (Fsp3) is 0.304.